The van der Waals surface area contributed by atoms with Gasteiger partial charge in [-0.1, -0.05) is 0 Å². The first kappa shape index (κ1) is 11.0. The molecule has 16 heavy (non-hydrogen) atoms. The number of rotatable bonds is 3. The molecule has 1 aromatic heterocycles. The minimum Gasteiger partial charge on any atom is -0.287 e. The van der Waals surface area contributed by atoms with Crippen molar-refractivity contribution in [2.45, 2.75) is 4.90 Å². The molecule has 0 atom stereocenters. The molecule has 0 amide bonds. The summed E-state index contributed by atoms with van der Waals surface area (Å²) in [5, 5.41) is 4.09. The highest BCUT2D eigenvalue weighted by atomic mass is 32.2. The molecule has 0 aliphatic heterocycles. The van der Waals surface area contributed by atoms with Crippen LogP contribution in [0.4, 0.5) is 0 Å². The number of hydrogen-bond donors (Lipinski definition) is 0. The molecule has 0 aliphatic rings. The Labute approximate surface area is 98.5 Å². The van der Waals surface area contributed by atoms with Crippen LogP contribution >= 0.6 is 11.8 Å². The third kappa shape index (κ3) is 2.17. The predicted octanol–water partition coefficient (Wildman–Crippen LogP) is 2.37. The number of benzene rings is 1. The molecule has 1 heterocycles. The number of thioether (sulfide) groups is 1. The van der Waals surface area contributed by atoms with E-state index in [0.29, 0.717) is 11.3 Å². The molecule has 3 nitrogen and oxygen atoms in total. The van der Waals surface area contributed by atoms with E-state index in [4.69, 9.17) is 0 Å². The molecule has 4 heteroatoms. The summed E-state index contributed by atoms with van der Waals surface area (Å²) in [6.07, 6.45) is 3.78. The van der Waals surface area contributed by atoms with Gasteiger partial charge in [-0.15, -0.1) is 11.8 Å². The van der Waals surface area contributed by atoms with E-state index in [9.17, 15) is 4.79 Å². The van der Waals surface area contributed by atoms with Crippen molar-refractivity contribution in [1.29, 1.82) is 0 Å². The van der Waals surface area contributed by atoms with Crippen LogP contribution in [0.3, 0.4) is 0 Å². The van der Waals surface area contributed by atoms with Gasteiger partial charge in [0.05, 0.1) is 0 Å². The lowest BCUT2D eigenvalue weighted by atomic mass is 10.1. The summed E-state index contributed by atoms with van der Waals surface area (Å²) in [5.74, 6) is -0.0340. The summed E-state index contributed by atoms with van der Waals surface area (Å²) >= 11 is 1.66. The smallest absolute Gasteiger partial charge is 0.213 e. The molecule has 0 N–H and O–H groups in total. The van der Waals surface area contributed by atoms with Gasteiger partial charge < -0.3 is 0 Å². The minimum atomic E-state index is -0.0340. The predicted molar refractivity (Wildman–Crippen MR) is 64.9 cm³/mol. The van der Waals surface area contributed by atoms with Crippen LogP contribution in [0.15, 0.2) is 41.4 Å². The monoisotopic (exact) mass is 232 g/mol. The lowest BCUT2D eigenvalue weighted by Gasteiger charge is -1.99. The first-order chi connectivity index (χ1) is 7.70. The molecule has 0 unspecified atom stereocenters. The number of ketones is 1. The molecule has 0 bridgehead atoms. The Morgan fingerprint density at radius 2 is 1.94 bits per heavy atom. The molecule has 0 aliphatic carbocycles. The lowest BCUT2D eigenvalue weighted by Crippen LogP contribution is -2.03. The van der Waals surface area contributed by atoms with E-state index >= 15 is 0 Å². The number of nitrogens with zero attached hydrogens (tertiary/aromatic N) is 2. The van der Waals surface area contributed by atoms with Crippen LogP contribution in [0, 0.1) is 0 Å². The molecule has 82 valence electrons. The fourth-order valence-corrected chi connectivity index (χ4v) is 1.83. The Hall–Kier alpha value is -1.55. The zero-order valence-electron chi connectivity index (χ0n) is 9.18. The van der Waals surface area contributed by atoms with Crippen molar-refractivity contribution in [3.05, 3.63) is 47.8 Å². The van der Waals surface area contributed by atoms with Gasteiger partial charge in [-0.05, 0) is 36.6 Å². The van der Waals surface area contributed by atoms with Crippen molar-refractivity contribution in [3.63, 3.8) is 0 Å². The largest absolute Gasteiger partial charge is 0.287 e. The maximum absolute atomic E-state index is 12.0. The summed E-state index contributed by atoms with van der Waals surface area (Å²) in [5.41, 5.74) is 1.16. The minimum absolute atomic E-state index is 0.0340. The molecule has 0 spiro atoms. The average molecular weight is 232 g/mol. The fourth-order valence-electron chi connectivity index (χ4n) is 1.43. The van der Waals surface area contributed by atoms with E-state index in [2.05, 4.69) is 5.10 Å². The quantitative estimate of drug-likeness (QED) is 0.602. The summed E-state index contributed by atoms with van der Waals surface area (Å²) in [6.45, 7) is 0. The summed E-state index contributed by atoms with van der Waals surface area (Å²) in [4.78, 5) is 13.1. The maximum Gasteiger partial charge on any atom is 0.213 e. The summed E-state index contributed by atoms with van der Waals surface area (Å²) < 4.78 is 1.63. The Morgan fingerprint density at radius 3 is 2.44 bits per heavy atom. The molecule has 2 aromatic rings. The van der Waals surface area contributed by atoms with Gasteiger partial charge in [-0.25, -0.2) is 0 Å². The second kappa shape index (κ2) is 4.53. The standard InChI is InChI=1S/C12H12N2OS/c1-14-8-7-11(13-14)12(15)9-3-5-10(16-2)6-4-9/h3-8H,1-2H3. The fraction of sp³-hybridized carbons (Fsp3) is 0.167. The van der Waals surface area contributed by atoms with Crippen molar-refractivity contribution < 1.29 is 4.79 Å². The van der Waals surface area contributed by atoms with E-state index in [0.717, 1.165) is 4.90 Å². The maximum atomic E-state index is 12.0. The van der Waals surface area contributed by atoms with Gasteiger partial charge in [0.2, 0.25) is 5.78 Å². The second-order valence-corrected chi connectivity index (χ2v) is 4.31. The molecule has 0 fully saturated rings. The molecule has 0 radical (unpaired) electrons. The number of hydrogen-bond acceptors (Lipinski definition) is 3. The number of carbonyl (C=O) groups excluding carboxylic acids is 1. The Morgan fingerprint density at radius 1 is 1.25 bits per heavy atom. The Balaban J connectivity index is 2.27. The topological polar surface area (TPSA) is 34.9 Å². The van der Waals surface area contributed by atoms with Crippen LogP contribution in [0.2, 0.25) is 0 Å². The highest BCUT2D eigenvalue weighted by Gasteiger charge is 2.11. The van der Waals surface area contributed by atoms with Crippen molar-refractivity contribution in [2.75, 3.05) is 6.26 Å². The van der Waals surface area contributed by atoms with E-state index < -0.39 is 0 Å². The summed E-state index contributed by atoms with van der Waals surface area (Å²) in [7, 11) is 1.80. The number of aromatic nitrogens is 2. The van der Waals surface area contributed by atoms with Gasteiger partial charge in [0.25, 0.3) is 0 Å². The molecule has 0 saturated heterocycles. The van der Waals surface area contributed by atoms with E-state index in [1.54, 1.807) is 35.8 Å². The van der Waals surface area contributed by atoms with Crippen LogP contribution in [0.5, 0.6) is 0 Å². The van der Waals surface area contributed by atoms with Crippen molar-refractivity contribution >= 4 is 17.5 Å². The third-order valence-electron chi connectivity index (χ3n) is 2.30. The van der Waals surface area contributed by atoms with Gasteiger partial charge in [0.1, 0.15) is 5.69 Å². The zero-order valence-corrected chi connectivity index (χ0v) is 9.99. The molecule has 0 saturated carbocycles. The SMILES string of the molecule is CSc1ccc(C(=O)c2ccn(C)n2)cc1. The molecule has 2 rings (SSSR count). The van der Waals surface area contributed by atoms with Gasteiger partial charge >= 0.3 is 0 Å². The normalized spacial score (nSPS) is 10.4. The van der Waals surface area contributed by atoms with Gasteiger partial charge in [-0.2, -0.15) is 5.10 Å². The number of aryl methyl sites for hydroxylation is 1. The van der Waals surface area contributed by atoms with E-state index in [1.165, 1.54) is 0 Å². The van der Waals surface area contributed by atoms with Crippen LogP contribution in [0.25, 0.3) is 0 Å². The lowest BCUT2D eigenvalue weighted by molar-refractivity contribution is 0.103. The van der Waals surface area contributed by atoms with Crippen LogP contribution < -0.4 is 0 Å². The first-order valence-electron chi connectivity index (χ1n) is 4.89. The van der Waals surface area contributed by atoms with Crippen LogP contribution in [-0.2, 0) is 7.05 Å². The molecular weight excluding hydrogens is 220 g/mol. The van der Waals surface area contributed by atoms with Crippen LogP contribution in [-0.4, -0.2) is 21.8 Å². The summed E-state index contributed by atoms with van der Waals surface area (Å²) in [6, 6.07) is 9.29. The molecular formula is C12H12N2OS. The molecule has 1 aromatic carbocycles. The Kier molecular flexibility index (Phi) is 3.10. The second-order valence-electron chi connectivity index (χ2n) is 3.43. The highest BCUT2D eigenvalue weighted by Crippen LogP contribution is 2.16. The first-order valence-corrected chi connectivity index (χ1v) is 6.11. The Bertz CT molecular complexity index is 502. The van der Waals surface area contributed by atoms with Gasteiger partial charge in [-0.3, -0.25) is 9.48 Å². The number of carbonyl (C=O) groups is 1. The van der Waals surface area contributed by atoms with Crippen molar-refractivity contribution in [2.24, 2.45) is 7.05 Å². The highest BCUT2D eigenvalue weighted by molar-refractivity contribution is 7.98. The van der Waals surface area contributed by atoms with Crippen molar-refractivity contribution in [1.82, 2.24) is 9.78 Å². The van der Waals surface area contributed by atoms with Gasteiger partial charge in [0, 0.05) is 23.7 Å². The van der Waals surface area contributed by atoms with Crippen molar-refractivity contribution in [3.8, 4) is 0 Å². The van der Waals surface area contributed by atoms with E-state index in [1.807, 2.05) is 30.5 Å². The third-order valence-corrected chi connectivity index (χ3v) is 3.04. The average Bonchev–Trinajstić information content (AvgIpc) is 2.75. The van der Waals surface area contributed by atoms with Gasteiger partial charge in [0.15, 0.2) is 0 Å². The zero-order chi connectivity index (χ0) is 11.5. The van der Waals surface area contributed by atoms with E-state index in [-0.39, 0.29) is 5.78 Å². The van der Waals surface area contributed by atoms with Crippen LogP contribution in [0.1, 0.15) is 16.1 Å².